The van der Waals surface area contributed by atoms with Crippen molar-refractivity contribution in [3.8, 4) is 11.5 Å². The fourth-order valence-corrected chi connectivity index (χ4v) is 2.03. The van der Waals surface area contributed by atoms with Crippen molar-refractivity contribution in [2.75, 3.05) is 7.11 Å². The lowest BCUT2D eigenvalue weighted by Crippen LogP contribution is -2.09. The minimum Gasteiger partial charge on any atom is -0.496 e. The van der Waals surface area contributed by atoms with Crippen LogP contribution < -0.4 is 9.47 Å². The molecule has 0 saturated heterocycles. The van der Waals surface area contributed by atoms with Gasteiger partial charge in [-0.15, -0.1) is 0 Å². The average molecular weight is 250 g/mol. The van der Waals surface area contributed by atoms with Crippen LogP contribution in [0.5, 0.6) is 11.5 Å². The van der Waals surface area contributed by atoms with Crippen LogP contribution in [0, 0.1) is 0 Å². The molecule has 0 aliphatic heterocycles. The quantitative estimate of drug-likeness (QED) is 0.752. The highest BCUT2D eigenvalue weighted by Crippen LogP contribution is 2.37. The van der Waals surface area contributed by atoms with Crippen LogP contribution in [0.1, 0.15) is 64.5 Å². The second-order valence-electron chi connectivity index (χ2n) is 5.61. The van der Waals surface area contributed by atoms with Crippen LogP contribution in [-0.2, 0) is 0 Å². The predicted molar refractivity (Wildman–Crippen MR) is 76.9 cm³/mol. The minimum atomic E-state index is 0.191. The largest absolute Gasteiger partial charge is 0.496 e. The second-order valence-corrected chi connectivity index (χ2v) is 5.61. The first kappa shape index (κ1) is 14.9. The van der Waals surface area contributed by atoms with E-state index >= 15 is 0 Å². The van der Waals surface area contributed by atoms with Gasteiger partial charge >= 0.3 is 0 Å². The van der Waals surface area contributed by atoms with Crippen molar-refractivity contribution in [1.29, 1.82) is 0 Å². The standard InChI is InChI=1S/C16H26O2/c1-10(2)13-9-16(18-12(5)6)14(11(3)4)8-15(13)17-7/h8-12H,1-7H3. The first-order chi connectivity index (χ1) is 8.36. The number of ether oxygens (including phenoxy) is 2. The third-order valence-corrected chi connectivity index (χ3v) is 2.97. The van der Waals surface area contributed by atoms with Crippen LogP contribution in [0.25, 0.3) is 0 Å². The Morgan fingerprint density at radius 1 is 0.778 bits per heavy atom. The van der Waals surface area contributed by atoms with E-state index in [1.807, 2.05) is 0 Å². The summed E-state index contributed by atoms with van der Waals surface area (Å²) in [5.41, 5.74) is 2.42. The van der Waals surface area contributed by atoms with Crippen molar-refractivity contribution in [3.05, 3.63) is 23.3 Å². The van der Waals surface area contributed by atoms with Gasteiger partial charge in [0.1, 0.15) is 11.5 Å². The van der Waals surface area contributed by atoms with Crippen molar-refractivity contribution in [2.24, 2.45) is 0 Å². The van der Waals surface area contributed by atoms with Gasteiger partial charge in [-0.05, 0) is 37.8 Å². The molecule has 0 aromatic heterocycles. The molecule has 18 heavy (non-hydrogen) atoms. The molecule has 2 nitrogen and oxygen atoms in total. The van der Waals surface area contributed by atoms with E-state index in [1.54, 1.807) is 7.11 Å². The zero-order valence-electron chi connectivity index (χ0n) is 12.7. The minimum absolute atomic E-state index is 0.191. The summed E-state index contributed by atoms with van der Waals surface area (Å²) in [6, 6.07) is 4.26. The van der Waals surface area contributed by atoms with E-state index in [9.17, 15) is 0 Å². The maximum atomic E-state index is 5.94. The summed E-state index contributed by atoms with van der Waals surface area (Å²) < 4.78 is 11.4. The Morgan fingerprint density at radius 2 is 1.22 bits per heavy atom. The topological polar surface area (TPSA) is 18.5 Å². The van der Waals surface area contributed by atoms with Crippen molar-refractivity contribution in [1.82, 2.24) is 0 Å². The molecule has 0 heterocycles. The zero-order chi connectivity index (χ0) is 13.9. The molecule has 1 rings (SSSR count). The van der Waals surface area contributed by atoms with E-state index in [0.717, 1.165) is 11.5 Å². The van der Waals surface area contributed by atoms with Crippen LogP contribution in [0.4, 0.5) is 0 Å². The molecule has 0 spiro atoms. The third kappa shape index (κ3) is 3.41. The summed E-state index contributed by atoms with van der Waals surface area (Å²) in [4.78, 5) is 0. The number of methoxy groups -OCH3 is 1. The Balaban J connectivity index is 3.32. The second kappa shape index (κ2) is 6.12. The van der Waals surface area contributed by atoms with E-state index in [0.29, 0.717) is 11.8 Å². The van der Waals surface area contributed by atoms with Gasteiger partial charge in [0.2, 0.25) is 0 Å². The molecule has 2 heteroatoms. The Hall–Kier alpha value is -1.18. The van der Waals surface area contributed by atoms with E-state index in [-0.39, 0.29) is 6.10 Å². The first-order valence-corrected chi connectivity index (χ1v) is 6.75. The zero-order valence-corrected chi connectivity index (χ0v) is 12.7. The van der Waals surface area contributed by atoms with Gasteiger partial charge in [-0.3, -0.25) is 0 Å². The lowest BCUT2D eigenvalue weighted by atomic mass is 9.95. The highest BCUT2D eigenvalue weighted by molar-refractivity contribution is 5.49. The molecule has 0 fully saturated rings. The molecule has 0 atom stereocenters. The van der Waals surface area contributed by atoms with Gasteiger partial charge in [0, 0.05) is 11.1 Å². The molecule has 0 saturated carbocycles. The highest BCUT2D eigenvalue weighted by Gasteiger charge is 2.16. The van der Waals surface area contributed by atoms with Crippen LogP contribution >= 0.6 is 0 Å². The van der Waals surface area contributed by atoms with Gasteiger partial charge in [0.15, 0.2) is 0 Å². The summed E-state index contributed by atoms with van der Waals surface area (Å²) in [5.74, 6) is 2.80. The molecule has 0 bridgehead atoms. The maximum Gasteiger partial charge on any atom is 0.123 e. The van der Waals surface area contributed by atoms with E-state index < -0.39 is 0 Å². The number of benzene rings is 1. The molecular weight excluding hydrogens is 224 g/mol. The molecular formula is C16H26O2. The molecule has 0 radical (unpaired) electrons. The number of rotatable bonds is 5. The van der Waals surface area contributed by atoms with Crippen molar-refractivity contribution < 1.29 is 9.47 Å². The first-order valence-electron chi connectivity index (χ1n) is 6.75. The van der Waals surface area contributed by atoms with Gasteiger partial charge in [-0.25, -0.2) is 0 Å². The number of hydrogen-bond donors (Lipinski definition) is 0. The molecule has 0 amide bonds. The van der Waals surface area contributed by atoms with Gasteiger partial charge in [-0.1, -0.05) is 27.7 Å². The van der Waals surface area contributed by atoms with E-state index in [1.165, 1.54) is 11.1 Å². The summed E-state index contributed by atoms with van der Waals surface area (Å²) >= 11 is 0. The molecule has 0 aliphatic rings. The normalized spacial score (nSPS) is 11.4. The number of hydrogen-bond acceptors (Lipinski definition) is 2. The van der Waals surface area contributed by atoms with Crippen molar-refractivity contribution >= 4 is 0 Å². The molecule has 0 aliphatic carbocycles. The molecule has 0 N–H and O–H groups in total. The lowest BCUT2D eigenvalue weighted by molar-refractivity contribution is 0.238. The predicted octanol–water partition coefficient (Wildman–Crippen LogP) is 4.73. The van der Waals surface area contributed by atoms with Gasteiger partial charge in [-0.2, -0.15) is 0 Å². The maximum absolute atomic E-state index is 5.94. The Kier molecular flexibility index (Phi) is 5.06. The third-order valence-electron chi connectivity index (χ3n) is 2.97. The van der Waals surface area contributed by atoms with E-state index in [4.69, 9.17) is 9.47 Å². The smallest absolute Gasteiger partial charge is 0.123 e. The Morgan fingerprint density at radius 3 is 1.61 bits per heavy atom. The van der Waals surface area contributed by atoms with Gasteiger partial charge in [0.05, 0.1) is 13.2 Å². The van der Waals surface area contributed by atoms with Gasteiger partial charge in [0.25, 0.3) is 0 Å². The molecule has 1 aromatic rings. The van der Waals surface area contributed by atoms with Gasteiger partial charge < -0.3 is 9.47 Å². The molecule has 1 aromatic carbocycles. The van der Waals surface area contributed by atoms with Crippen molar-refractivity contribution in [2.45, 2.75) is 59.5 Å². The van der Waals surface area contributed by atoms with Crippen LogP contribution in [-0.4, -0.2) is 13.2 Å². The fourth-order valence-electron chi connectivity index (χ4n) is 2.03. The van der Waals surface area contributed by atoms with Crippen LogP contribution in [0.3, 0.4) is 0 Å². The summed E-state index contributed by atoms with van der Waals surface area (Å²) in [7, 11) is 1.73. The fraction of sp³-hybridized carbons (Fsp3) is 0.625. The van der Waals surface area contributed by atoms with Crippen LogP contribution in [0.2, 0.25) is 0 Å². The monoisotopic (exact) mass is 250 g/mol. The van der Waals surface area contributed by atoms with Crippen LogP contribution in [0.15, 0.2) is 12.1 Å². The summed E-state index contributed by atoms with van der Waals surface area (Å²) in [6.45, 7) is 12.8. The highest BCUT2D eigenvalue weighted by atomic mass is 16.5. The Labute approximate surface area is 111 Å². The van der Waals surface area contributed by atoms with Crippen molar-refractivity contribution in [3.63, 3.8) is 0 Å². The SMILES string of the molecule is COc1cc(C(C)C)c(OC(C)C)cc1C(C)C. The molecule has 0 unspecified atom stereocenters. The summed E-state index contributed by atoms with van der Waals surface area (Å²) in [6.07, 6.45) is 0.191. The Bertz CT molecular complexity index is 392. The molecule has 102 valence electrons. The lowest BCUT2D eigenvalue weighted by Gasteiger charge is -2.21. The van der Waals surface area contributed by atoms with E-state index in [2.05, 4.69) is 53.7 Å². The average Bonchev–Trinajstić information content (AvgIpc) is 2.27. The summed E-state index contributed by atoms with van der Waals surface area (Å²) in [5, 5.41) is 0.